The van der Waals surface area contributed by atoms with Crippen LogP contribution in [0.2, 0.25) is 0 Å². The van der Waals surface area contributed by atoms with Gasteiger partial charge < -0.3 is 10.2 Å². The van der Waals surface area contributed by atoms with E-state index in [4.69, 9.17) is 5.26 Å². The molecule has 1 aliphatic carbocycles. The Labute approximate surface area is 144 Å². The highest BCUT2D eigenvalue weighted by molar-refractivity contribution is 5.81. The Morgan fingerprint density at radius 3 is 2.62 bits per heavy atom. The zero-order chi connectivity index (χ0) is 17.1. The zero-order valence-electron chi connectivity index (χ0n) is 14.7. The van der Waals surface area contributed by atoms with Crippen LogP contribution in [0.5, 0.6) is 0 Å². The lowest BCUT2D eigenvalue weighted by atomic mass is 9.88. The van der Waals surface area contributed by atoms with Gasteiger partial charge in [-0.25, -0.2) is 0 Å². The van der Waals surface area contributed by atoms with Crippen molar-refractivity contribution in [2.24, 2.45) is 11.8 Å². The molecular weight excluding hydrogens is 298 g/mol. The fourth-order valence-corrected chi connectivity index (χ4v) is 3.72. The summed E-state index contributed by atoms with van der Waals surface area (Å²) in [6, 6.07) is 10.7. The number of carbonyl (C=O) groups excluding carboxylic acids is 1. The highest BCUT2D eigenvalue weighted by Gasteiger charge is 2.37. The van der Waals surface area contributed by atoms with Gasteiger partial charge in [0.25, 0.3) is 0 Å². The van der Waals surface area contributed by atoms with Crippen molar-refractivity contribution in [3.63, 3.8) is 0 Å². The van der Waals surface area contributed by atoms with Crippen molar-refractivity contribution in [3.05, 3.63) is 35.4 Å². The molecule has 0 spiro atoms. The number of nitrogens with one attached hydrogen (secondary N) is 1. The Bertz CT molecular complexity index is 615. The lowest BCUT2D eigenvalue weighted by Gasteiger charge is -2.40. The summed E-state index contributed by atoms with van der Waals surface area (Å²) in [5.41, 5.74) is 1.91. The molecule has 4 nitrogen and oxygen atoms in total. The number of piperidine rings is 1. The van der Waals surface area contributed by atoms with Gasteiger partial charge in [-0.3, -0.25) is 4.79 Å². The van der Waals surface area contributed by atoms with Crippen molar-refractivity contribution in [3.8, 4) is 6.07 Å². The fourth-order valence-electron chi connectivity index (χ4n) is 3.72. The Morgan fingerprint density at radius 2 is 2.04 bits per heavy atom. The van der Waals surface area contributed by atoms with Gasteiger partial charge >= 0.3 is 0 Å². The summed E-state index contributed by atoms with van der Waals surface area (Å²) >= 11 is 0. The first-order valence-electron chi connectivity index (χ1n) is 9.17. The second kappa shape index (κ2) is 7.36. The second-order valence-electron chi connectivity index (χ2n) is 7.24. The molecule has 2 fully saturated rings. The third kappa shape index (κ3) is 3.79. The average Bonchev–Trinajstić information content (AvgIpc) is 3.46. The summed E-state index contributed by atoms with van der Waals surface area (Å²) in [4.78, 5) is 14.4. The first-order chi connectivity index (χ1) is 11.6. The zero-order valence-corrected chi connectivity index (χ0v) is 14.7. The lowest BCUT2D eigenvalue weighted by molar-refractivity contribution is -0.134. The smallest absolute Gasteiger partial charge is 0.225 e. The molecule has 1 N–H and O–H groups in total. The van der Waals surface area contributed by atoms with Gasteiger partial charge in [-0.1, -0.05) is 25.5 Å². The van der Waals surface area contributed by atoms with Crippen molar-refractivity contribution in [2.45, 2.75) is 51.6 Å². The highest BCUT2D eigenvalue weighted by Crippen LogP contribution is 2.33. The summed E-state index contributed by atoms with van der Waals surface area (Å²) in [7, 11) is 0. The summed E-state index contributed by atoms with van der Waals surface area (Å²) < 4.78 is 0. The molecule has 1 saturated carbocycles. The molecule has 0 radical (unpaired) electrons. The Morgan fingerprint density at radius 1 is 1.33 bits per heavy atom. The first-order valence-corrected chi connectivity index (χ1v) is 9.17. The van der Waals surface area contributed by atoms with Crippen LogP contribution in [0.3, 0.4) is 0 Å². The molecule has 1 aliphatic heterocycles. The van der Waals surface area contributed by atoms with Crippen LogP contribution < -0.4 is 5.32 Å². The molecule has 1 saturated heterocycles. The fraction of sp³-hybridized carbons (Fsp3) is 0.600. The van der Waals surface area contributed by atoms with Crippen molar-refractivity contribution in [2.75, 3.05) is 13.1 Å². The Hall–Kier alpha value is -1.86. The molecule has 1 aromatic rings. The van der Waals surface area contributed by atoms with Crippen LogP contribution in [0.1, 0.15) is 56.7 Å². The Kier molecular flexibility index (Phi) is 5.20. The van der Waals surface area contributed by atoms with E-state index >= 15 is 0 Å². The molecule has 3 atom stereocenters. The van der Waals surface area contributed by atoms with E-state index in [1.54, 1.807) is 0 Å². The SMILES string of the molecule is CC[C@@H]1CN(C(=O)C2CC2)CC[C@H]1N[C@@H](C)c1ccc(C#N)cc1. The average molecular weight is 325 g/mol. The van der Waals surface area contributed by atoms with E-state index in [0.29, 0.717) is 29.3 Å². The van der Waals surface area contributed by atoms with Crippen LogP contribution in [-0.4, -0.2) is 29.9 Å². The molecule has 3 rings (SSSR count). The molecule has 0 unspecified atom stereocenters. The minimum atomic E-state index is 0.252. The number of hydrogen-bond acceptors (Lipinski definition) is 3. The Balaban J connectivity index is 1.59. The monoisotopic (exact) mass is 325 g/mol. The van der Waals surface area contributed by atoms with Crippen LogP contribution in [0.15, 0.2) is 24.3 Å². The molecule has 1 aromatic carbocycles. The molecule has 24 heavy (non-hydrogen) atoms. The summed E-state index contributed by atoms with van der Waals surface area (Å²) in [6.07, 6.45) is 4.29. The van der Waals surface area contributed by atoms with Crippen LogP contribution in [-0.2, 0) is 4.79 Å². The number of nitrogens with zero attached hydrogens (tertiary/aromatic N) is 2. The van der Waals surface area contributed by atoms with E-state index in [-0.39, 0.29) is 6.04 Å². The van der Waals surface area contributed by atoms with E-state index < -0.39 is 0 Å². The standard InChI is InChI=1S/C20H27N3O/c1-3-16-13-23(20(24)18-8-9-18)11-10-19(16)22-14(2)17-6-4-15(12-21)5-7-17/h4-7,14,16,18-19,22H,3,8-11,13H2,1-2H3/t14-,16+,19+/m0/s1. The topological polar surface area (TPSA) is 56.1 Å². The van der Waals surface area contributed by atoms with Gasteiger partial charge in [-0.2, -0.15) is 5.26 Å². The normalized spacial score (nSPS) is 25.1. The summed E-state index contributed by atoms with van der Waals surface area (Å²) in [5, 5.41) is 12.7. The first kappa shape index (κ1) is 17.0. The van der Waals surface area contributed by atoms with Crippen molar-refractivity contribution >= 4 is 5.91 Å². The van der Waals surface area contributed by atoms with Crippen LogP contribution in [0, 0.1) is 23.2 Å². The minimum Gasteiger partial charge on any atom is -0.342 e. The maximum Gasteiger partial charge on any atom is 0.225 e. The van der Waals surface area contributed by atoms with E-state index in [0.717, 1.165) is 38.8 Å². The summed E-state index contributed by atoms with van der Waals surface area (Å²) in [6.45, 7) is 6.17. The van der Waals surface area contributed by atoms with Crippen LogP contribution in [0.25, 0.3) is 0 Å². The van der Waals surface area contributed by atoms with E-state index in [2.05, 4.69) is 30.1 Å². The predicted octanol–water partition coefficient (Wildman–Crippen LogP) is 3.25. The molecular formula is C20H27N3O. The molecule has 1 amide bonds. The van der Waals surface area contributed by atoms with Crippen molar-refractivity contribution in [1.82, 2.24) is 10.2 Å². The lowest BCUT2D eigenvalue weighted by Crippen LogP contribution is -2.51. The van der Waals surface area contributed by atoms with Gasteiger partial charge in [0.1, 0.15) is 0 Å². The second-order valence-corrected chi connectivity index (χ2v) is 7.24. The summed E-state index contributed by atoms with van der Waals surface area (Å²) in [5.74, 6) is 1.22. The number of amides is 1. The minimum absolute atomic E-state index is 0.252. The van der Waals surface area contributed by atoms with E-state index in [1.165, 1.54) is 5.56 Å². The number of carbonyl (C=O) groups is 1. The van der Waals surface area contributed by atoms with Crippen molar-refractivity contribution in [1.29, 1.82) is 5.26 Å². The molecule has 0 bridgehead atoms. The number of hydrogen-bond donors (Lipinski definition) is 1. The maximum atomic E-state index is 12.3. The molecule has 128 valence electrons. The van der Waals surface area contributed by atoms with E-state index in [9.17, 15) is 4.79 Å². The van der Waals surface area contributed by atoms with Crippen molar-refractivity contribution < 1.29 is 4.79 Å². The number of rotatable bonds is 5. The van der Waals surface area contributed by atoms with Gasteiger partial charge in [0.15, 0.2) is 0 Å². The maximum absolute atomic E-state index is 12.3. The molecule has 4 heteroatoms. The third-order valence-electron chi connectivity index (χ3n) is 5.50. The molecule has 0 aromatic heterocycles. The quantitative estimate of drug-likeness (QED) is 0.904. The molecule has 1 heterocycles. The van der Waals surface area contributed by atoms with E-state index in [1.807, 2.05) is 24.3 Å². The largest absolute Gasteiger partial charge is 0.342 e. The third-order valence-corrected chi connectivity index (χ3v) is 5.50. The number of nitriles is 1. The van der Waals surface area contributed by atoms with Gasteiger partial charge in [-0.15, -0.1) is 0 Å². The van der Waals surface area contributed by atoms with Crippen LogP contribution >= 0.6 is 0 Å². The molecule has 2 aliphatic rings. The number of benzene rings is 1. The van der Waals surface area contributed by atoms with Crippen LogP contribution in [0.4, 0.5) is 0 Å². The van der Waals surface area contributed by atoms with Gasteiger partial charge in [0, 0.05) is 31.1 Å². The van der Waals surface area contributed by atoms with Gasteiger partial charge in [0.2, 0.25) is 5.91 Å². The van der Waals surface area contributed by atoms with Gasteiger partial charge in [0.05, 0.1) is 11.6 Å². The predicted molar refractivity (Wildman–Crippen MR) is 94.2 cm³/mol. The van der Waals surface area contributed by atoms with Gasteiger partial charge in [-0.05, 0) is 49.8 Å². The highest BCUT2D eigenvalue weighted by atomic mass is 16.2. The number of likely N-dealkylation sites (tertiary alicyclic amines) is 1.